The van der Waals surface area contributed by atoms with E-state index < -0.39 is 29.3 Å². The predicted molar refractivity (Wildman–Crippen MR) is 124 cm³/mol. The van der Waals surface area contributed by atoms with Crippen molar-refractivity contribution in [3.05, 3.63) is 71.6 Å². The number of carbonyl (C=O) groups is 2. The van der Waals surface area contributed by atoms with E-state index in [1.165, 1.54) is 0 Å². The number of likely N-dealkylation sites (tertiary alicyclic amines) is 1. The van der Waals surface area contributed by atoms with Gasteiger partial charge < -0.3 is 19.8 Å². The van der Waals surface area contributed by atoms with Crippen LogP contribution in [-0.2, 0) is 11.8 Å². The van der Waals surface area contributed by atoms with E-state index in [-0.39, 0.29) is 18.1 Å². The molecular formula is C25H22F3N5O2. The summed E-state index contributed by atoms with van der Waals surface area (Å²) in [5, 5.41) is 3.43. The molecule has 180 valence electrons. The molecule has 4 heterocycles. The number of aromatic nitrogens is 3. The highest BCUT2D eigenvalue weighted by atomic mass is 19.2. The van der Waals surface area contributed by atoms with E-state index >= 15 is 0 Å². The van der Waals surface area contributed by atoms with Crippen molar-refractivity contribution < 1.29 is 22.8 Å². The maximum absolute atomic E-state index is 13.4. The standard InChI is InChI=1S/C25H22F3N5O2/c1-13-22(16-5-7-29-11-21(16)32(13)2)19-3-4-20(31-19)25(35)33-8-6-14(12-33)24(34)30-15-9-17(26)23(28)18(27)10-15/h3-5,7,9-11,14,31H,6,8,12H2,1-2H3,(H,30,34). The van der Waals surface area contributed by atoms with Crippen LogP contribution in [-0.4, -0.2) is 44.3 Å². The molecule has 0 saturated carbocycles. The predicted octanol–water partition coefficient (Wildman–Crippen LogP) is 4.39. The molecule has 35 heavy (non-hydrogen) atoms. The molecule has 0 radical (unpaired) electrons. The lowest BCUT2D eigenvalue weighted by Crippen LogP contribution is -2.31. The number of pyridine rings is 1. The topological polar surface area (TPSA) is 83.0 Å². The zero-order valence-corrected chi connectivity index (χ0v) is 19.0. The number of carbonyl (C=O) groups excluding carboxylic acids is 2. The number of rotatable bonds is 4. The third-order valence-electron chi connectivity index (χ3n) is 6.58. The molecule has 1 saturated heterocycles. The minimum absolute atomic E-state index is 0.157. The fraction of sp³-hybridized carbons (Fsp3) is 0.240. The van der Waals surface area contributed by atoms with Gasteiger partial charge in [-0.25, -0.2) is 13.2 Å². The molecule has 2 N–H and O–H groups in total. The third-order valence-corrected chi connectivity index (χ3v) is 6.58. The van der Waals surface area contributed by atoms with Gasteiger partial charge in [-0.2, -0.15) is 0 Å². The zero-order chi connectivity index (χ0) is 24.9. The van der Waals surface area contributed by atoms with Crippen molar-refractivity contribution >= 4 is 28.4 Å². The lowest BCUT2D eigenvalue weighted by molar-refractivity contribution is -0.119. The molecule has 0 bridgehead atoms. The number of aryl methyl sites for hydroxylation is 1. The summed E-state index contributed by atoms with van der Waals surface area (Å²) >= 11 is 0. The van der Waals surface area contributed by atoms with E-state index in [4.69, 9.17) is 0 Å². The Morgan fingerprint density at radius 1 is 1.14 bits per heavy atom. The molecule has 1 aliphatic rings. The molecule has 3 aromatic heterocycles. The first-order valence-corrected chi connectivity index (χ1v) is 11.1. The second-order valence-electron chi connectivity index (χ2n) is 8.68. The van der Waals surface area contributed by atoms with E-state index in [2.05, 4.69) is 15.3 Å². The number of halogens is 3. The normalized spacial score (nSPS) is 15.7. The molecule has 4 aromatic rings. The number of amides is 2. The van der Waals surface area contributed by atoms with Crippen molar-refractivity contribution in [1.82, 2.24) is 19.4 Å². The number of hydrogen-bond donors (Lipinski definition) is 2. The summed E-state index contributed by atoms with van der Waals surface area (Å²) in [6.45, 7) is 2.51. The number of nitrogens with zero attached hydrogens (tertiary/aromatic N) is 3. The van der Waals surface area contributed by atoms with Gasteiger partial charge in [0.2, 0.25) is 5.91 Å². The highest BCUT2D eigenvalue weighted by molar-refractivity contribution is 5.99. The van der Waals surface area contributed by atoms with Crippen molar-refractivity contribution in [2.45, 2.75) is 13.3 Å². The van der Waals surface area contributed by atoms with Gasteiger partial charge in [0.05, 0.1) is 17.6 Å². The van der Waals surface area contributed by atoms with E-state index in [9.17, 15) is 22.8 Å². The Balaban J connectivity index is 1.30. The van der Waals surface area contributed by atoms with E-state index in [0.29, 0.717) is 18.7 Å². The van der Waals surface area contributed by atoms with Crippen LogP contribution < -0.4 is 5.32 Å². The largest absolute Gasteiger partial charge is 0.350 e. The first-order chi connectivity index (χ1) is 16.7. The van der Waals surface area contributed by atoms with Crippen LogP contribution in [0.1, 0.15) is 22.6 Å². The Labute approximate surface area is 198 Å². The van der Waals surface area contributed by atoms with Gasteiger partial charge in [0.15, 0.2) is 17.5 Å². The number of benzene rings is 1. The van der Waals surface area contributed by atoms with Gasteiger partial charge in [-0.1, -0.05) is 0 Å². The first kappa shape index (κ1) is 22.7. The Bertz CT molecular complexity index is 1450. The Kier molecular flexibility index (Phi) is 5.58. The summed E-state index contributed by atoms with van der Waals surface area (Å²) in [5.41, 5.74) is 4.02. The van der Waals surface area contributed by atoms with Crippen molar-refractivity contribution in [3.63, 3.8) is 0 Å². The van der Waals surface area contributed by atoms with Gasteiger partial charge in [-0.05, 0) is 31.5 Å². The Morgan fingerprint density at radius 3 is 2.63 bits per heavy atom. The Morgan fingerprint density at radius 2 is 1.89 bits per heavy atom. The van der Waals surface area contributed by atoms with E-state index in [1.54, 1.807) is 23.4 Å². The third kappa shape index (κ3) is 3.94. The monoisotopic (exact) mass is 481 g/mol. The number of H-pyrrole nitrogens is 1. The molecule has 1 atom stereocenters. The van der Waals surface area contributed by atoms with Crippen molar-refractivity contribution in [2.75, 3.05) is 18.4 Å². The maximum Gasteiger partial charge on any atom is 0.270 e. The average molecular weight is 481 g/mol. The van der Waals surface area contributed by atoms with E-state index in [1.807, 2.05) is 30.7 Å². The molecule has 1 fully saturated rings. The van der Waals surface area contributed by atoms with E-state index in [0.717, 1.165) is 40.0 Å². The minimum Gasteiger partial charge on any atom is -0.350 e. The lowest BCUT2D eigenvalue weighted by atomic mass is 10.1. The number of nitrogens with one attached hydrogen (secondary N) is 2. The molecule has 10 heteroatoms. The molecule has 1 aromatic carbocycles. The van der Waals surface area contributed by atoms with Gasteiger partial charge in [-0.3, -0.25) is 14.6 Å². The van der Waals surface area contributed by atoms with Crippen LogP contribution in [0.4, 0.5) is 18.9 Å². The fourth-order valence-electron chi connectivity index (χ4n) is 4.61. The number of aromatic amines is 1. The van der Waals surface area contributed by atoms with Crippen LogP contribution >= 0.6 is 0 Å². The fourth-order valence-corrected chi connectivity index (χ4v) is 4.61. The molecule has 2 amide bonds. The highest BCUT2D eigenvalue weighted by Gasteiger charge is 2.32. The van der Waals surface area contributed by atoms with Crippen LogP contribution in [0.3, 0.4) is 0 Å². The minimum atomic E-state index is -1.60. The van der Waals surface area contributed by atoms with Crippen LogP contribution in [0.5, 0.6) is 0 Å². The van der Waals surface area contributed by atoms with Crippen molar-refractivity contribution in [1.29, 1.82) is 0 Å². The summed E-state index contributed by atoms with van der Waals surface area (Å²) < 4.78 is 42.1. The smallest absolute Gasteiger partial charge is 0.270 e. The number of hydrogen-bond acceptors (Lipinski definition) is 3. The molecule has 0 spiro atoms. The van der Waals surface area contributed by atoms with Gasteiger partial charge in [-0.15, -0.1) is 0 Å². The first-order valence-electron chi connectivity index (χ1n) is 11.1. The highest BCUT2D eigenvalue weighted by Crippen LogP contribution is 2.33. The summed E-state index contributed by atoms with van der Waals surface area (Å²) in [4.78, 5) is 34.6. The number of anilines is 1. The van der Waals surface area contributed by atoms with Crippen molar-refractivity contribution in [2.24, 2.45) is 13.0 Å². The van der Waals surface area contributed by atoms with Crippen LogP contribution in [0.2, 0.25) is 0 Å². The second-order valence-corrected chi connectivity index (χ2v) is 8.68. The molecule has 1 aliphatic heterocycles. The summed E-state index contributed by atoms with van der Waals surface area (Å²) in [7, 11) is 1.96. The SMILES string of the molecule is Cc1c(-c2ccc(C(=O)N3CCC(C(=O)Nc4cc(F)c(F)c(F)c4)C3)[nH]2)c2ccncc2n1C. The summed E-state index contributed by atoms with van der Waals surface area (Å²) in [6, 6.07) is 6.95. The molecule has 7 nitrogen and oxygen atoms in total. The Hall–Kier alpha value is -4.08. The second kappa shape index (κ2) is 8.61. The van der Waals surface area contributed by atoms with Crippen LogP contribution in [0.25, 0.3) is 22.2 Å². The van der Waals surface area contributed by atoms with Gasteiger partial charge in [0.1, 0.15) is 5.69 Å². The van der Waals surface area contributed by atoms with Crippen LogP contribution in [0.15, 0.2) is 42.7 Å². The van der Waals surface area contributed by atoms with Crippen LogP contribution in [0, 0.1) is 30.3 Å². The summed E-state index contributed by atoms with van der Waals surface area (Å²) in [6.07, 6.45) is 3.92. The lowest BCUT2D eigenvalue weighted by Gasteiger charge is -2.16. The molecule has 0 aliphatic carbocycles. The van der Waals surface area contributed by atoms with Gasteiger partial charge in [0.25, 0.3) is 5.91 Å². The zero-order valence-electron chi connectivity index (χ0n) is 19.0. The molecule has 1 unspecified atom stereocenters. The average Bonchev–Trinajstić information content (AvgIpc) is 3.57. The molecular weight excluding hydrogens is 459 g/mol. The van der Waals surface area contributed by atoms with Gasteiger partial charge >= 0.3 is 0 Å². The molecule has 5 rings (SSSR count). The summed E-state index contributed by atoms with van der Waals surface area (Å²) in [5.74, 6) is -5.66. The quantitative estimate of drug-likeness (QED) is 0.424. The van der Waals surface area contributed by atoms with Gasteiger partial charge in [0, 0.05) is 66.5 Å². The van der Waals surface area contributed by atoms with Crippen molar-refractivity contribution in [3.8, 4) is 11.3 Å². The maximum atomic E-state index is 13.4. The number of fused-ring (bicyclic) bond motifs is 1.